The Hall–Kier alpha value is -3.56. The van der Waals surface area contributed by atoms with Gasteiger partial charge in [-0.2, -0.15) is 13.2 Å². The number of ether oxygens (including phenoxy) is 1. The number of hydrogen-bond acceptors (Lipinski definition) is 5. The zero-order chi connectivity index (χ0) is 20.6. The summed E-state index contributed by atoms with van der Waals surface area (Å²) in [5, 5.41) is 0. The van der Waals surface area contributed by atoms with Crippen molar-refractivity contribution in [2.45, 2.75) is 12.6 Å². The zero-order valence-corrected chi connectivity index (χ0v) is 15.6. The van der Waals surface area contributed by atoms with Gasteiger partial charge in [-0.15, -0.1) is 0 Å². The molecule has 3 aromatic heterocycles. The Morgan fingerprint density at radius 2 is 2.00 bits per heavy atom. The molecule has 0 unspecified atom stereocenters. The Kier molecular flexibility index (Phi) is 4.61. The van der Waals surface area contributed by atoms with Gasteiger partial charge >= 0.3 is 6.18 Å². The van der Waals surface area contributed by atoms with Gasteiger partial charge in [-0.1, -0.05) is 6.08 Å². The van der Waals surface area contributed by atoms with Crippen LogP contribution in [-0.4, -0.2) is 39.0 Å². The van der Waals surface area contributed by atoms with E-state index in [2.05, 4.69) is 24.9 Å². The van der Waals surface area contributed by atoms with Gasteiger partial charge in [-0.05, 0) is 12.1 Å². The van der Waals surface area contributed by atoms with Crippen LogP contribution in [0.2, 0.25) is 0 Å². The first-order valence-electron chi connectivity index (χ1n) is 8.70. The number of hydrogen-bond donors (Lipinski definition) is 2. The second-order valence-electron chi connectivity index (χ2n) is 6.59. The SMILES string of the molecule is CN(C)c1nc2c([nH]1)C=CCC(Oc1ccnc(-c3ncc(C(F)(F)F)[nH]3)c1)=C2. The lowest BCUT2D eigenvalue weighted by Crippen LogP contribution is -2.10. The summed E-state index contributed by atoms with van der Waals surface area (Å²) in [7, 11) is 3.78. The van der Waals surface area contributed by atoms with Crippen molar-refractivity contribution < 1.29 is 17.9 Å². The zero-order valence-electron chi connectivity index (χ0n) is 15.6. The maximum Gasteiger partial charge on any atom is 0.432 e. The molecule has 4 rings (SSSR count). The molecule has 0 saturated carbocycles. The van der Waals surface area contributed by atoms with Crippen molar-refractivity contribution in [3.8, 4) is 17.3 Å². The van der Waals surface area contributed by atoms with Crippen LogP contribution >= 0.6 is 0 Å². The minimum atomic E-state index is -4.50. The van der Waals surface area contributed by atoms with E-state index in [0.717, 1.165) is 23.5 Å². The molecule has 0 radical (unpaired) electrons. The molecule has 29 heavy (non-hydrogen) atoms. The first kappa shape index (κ1) is 18.8. The van der Waals surface area contributed by atoms with Crippen LogP contribution in [0.4, 0.5) is 19.1 Å². The molecule has 3 heterocycles. The molecular formula is C19H17F3N6O. The number of H-pyrrole nitrogens is 2. The molecule has 1 aliphatic carbocycles. The monoisotopic (exact) mass is 402 g/mol. The van der Waals surface area contributed by atoms with Gasteiger partial charge in [0.1, 0.15) is 22.9 Å². The molecule has 0 aliphatic heterocycles. The fourth-order valence-electron chi connectivity index (χ4n) is 2.76. The van der Waals surface area contributed by atoms with E-state index in [1.54, 1.807) is 6.07 Å². The summed E-state index contributed by atoms with van der Waals surface area (Å²) in [6.07, 6.45) is 3.94. The van der Waals surface area contributed by atoms with Crippen LogP contribution < -0.4 is 9.64 Å². The summed E-state index contributed by atoms with van der Waals surface area (Å²) < 4.78 is 44.3. The molecule has 0 amide bonds. The van der Waals surface area contributed by atoms with Crippen LogP contribution in [-0.2, 0) is 6.18 Å². The van der Waals surface area contributed by atoms with Gasteiger partial charge in [-0.25, -0.2) is 9.97 Å². The largest absolute Gasteiger partial charge is 0.461 e. The number of pyridine rings is 1. The number of nitrogens with zero attached hydrogens (tertiary/aromatic N) is 4. The number of aromatic nitrogens is 5. The Bertz CT molecular complexity index is 1090. The van der Waals surface area contributed by atoms with E-state index in [9.17, 15) is 13.2 Å². The van der Waals surface area contributed by atoms with Gasteiger partial charge in [0.2, 0.25) is 5.95 Å². The number of anilines is 1. The molecule has 1 aliphatic rings. The molecule has 7 nitrogen and oxygen atoms in total. The number of imidazole rings is 2. The third kappa shape index (κ3) is 4.00. The third-order valence-electron chi connectivity index (χ3n) is 4.18. The average Bonchev–Trinajstić information content (AvgIpc) is 3.26. The first-order valence-corrected chi connectivity index (χ1v) is 8.70. The van der Waals surface area contributed by atoms with E-state index in [-0.39, 0.29) is 11.5 Å². The molecule has 0 bridgehead atoms. The molecule has 0 atom stereocenters. The highest BCUT2D eigenvalue weighted by molar-refractivity contribution is 5.66. The number of fused-ring (bicyclic) bond motifs is 1. The van der Waals surface area contributed by atoms with E-state index in [0.29, 0.717) is 17.9 Å². The summed E-state index contributed by atoms with van der Waals surface area (Å²) in [4.78, 5) is 19.7. The summed E-state index contributed by atoms with van der Waals surface area (Å²) in [6.45, 7) is 0. The van der Waals surface area contributed by atoms with Crippen molar-refractivity contribution in [2.75, 3.05) is 19.0 Å². The number of rotatable bonds is 4. The van der Waals surface area contributed by atoms with Crippen molar-refractivity contribution in [3.63, 3.8) is 0 Å². The molecule has 0 fully saturated rings. The van der Waals surface area contributed by atoms with E-state index in [1.165, 1.54) is 12.3 Å². The second kappa shape index (κ2) is 7.12. The Morgan fingerprint density at radius 3 is 2.72 bits per heavy atom. The highest BCUT2D eigenvalue weighted by Crippen LogP contribution is 2.30. The lowest BCUT2D eigenvalue weighted by Gasteiger charge is -2.09. The van der Waals surface area contributed by atoms with E-state index in [4.69, 9.17) is 4.74 Å². The van der Waals surface area contributed by atoms with Crippen LogP contribution in [0.25, 0.3) is 23.7 Å². The molecule has 0 saturated heterocycles. The highest BCUT2D eigenvalue weighted by atomic mass is 19.4. The van der Waals surface area contributed by atoms with E-state index >= 15 is 0 Å². The minimum absolute atomic E-state index is 0.0164. The van der Waals surface area contributed by atoms with Gasteiger partial charge < -0.3 is 19.6 Å². The number of alkyl halides is 3. The lowest BCUT2D eigenvalue weighted by atomic mass is 10.3. The molecular weight excluding hydrogens is 385 g/mol. The van der Waals surface area contributed by atoms with Gasteiger partial charge in [0.25, 0.3) is 0 Å². The number of aromatic amines is 2. The topological polar surface area (TPSA) is 82.7 Å². The summed E-state index contributed by atoms with van der Waals surface area (Å²) in [6, 6.07) is 3.16. The molecule has 10 heteroatoms. The van der Waals surface area contributed by atoms with Crippen LogP contribution in [0, 0.1) is 0 Å². The second-order valence-corrected chi connectivity index (χ2v) is 6.59. The van der Waals surface area contributed by atoms with E-state index in [1.807, 2.05) is 37.2 Å². The molecule has 2 N–H and O–H groups in total. The fourth-order valence-corrected chi connectivity index (χ4v) is 2.76. The molecule has 0 aromatic carbocycles. The van der Waals surface area contributed by atoms with Crippen molar-refractivity contribution in [3.05, 3.63) is 53.4 Å². The lowest BCUT2D eigenvalue weighted by molar-refractivity contribution is -0.140. The number of halogens is 3. The summed E-state index contributed by atoms with van der Waals surface area (Å²) in [5.74, 6) is 1.82. The average molecular weight is 402 g/mol. The minimum Gasteiger partial charge on any atom is -0.461 e. The van der Waals surface area contributed by atoms with Crippen molar-refractivity contribution in [2.24, 2.45) is 0 Å². The van der Waals surface area contributed by atoms with Gasteiger partial charge in [0, 0.05) is 38.9 Å². The van der Waals surface area contributed by atoms with E-state index < -0.39 is 11.9 Å². The van der Waals surface area contributed by atoms with Crippen LogP contribution in [0.1, 0.15) is 23.5 Å². The Morgan fingerprint density at radius 1 is 1.17 bits per heavy atom. The predicted octanol–water partition coefficient (Wildman–Crippen LogP) is 4.12. The fraction of sp³-hybridized carbons (Fsp3) is 0.211. The predicted molar refractivity (Wildman–Crippen MR) is 102 cm³/mol. The van der Waals surface area contributed by atoms with Crippen LogP contribution in [0.5, 0.6) is 5.75 Å². The molecule has 150 valence electrons. The Labute approximate surface area is 164 Å². The molecule has 3 aromatic rings. The van der Waals surface area contributed by atoms with Crippen molar-refractivity contribution in [1.29, 1.82) is 0 Å². The number of nitrogens with one attached hydrogen (secondary N) is 2. The van der Waals surface area contributed by atoms with Gasteiger partial charge in [0.15, 0.2) is 5.82 Å². The third-order valence-corrected chi connectivity index (χ3v) is 4.18. The quantitative estimate of drug-likeness (QED) is 0.686. The highest BCUT2D eigenvalue weighted by Gasteiger charge is 2.33. The maximum absolute atomic E-state index is 12.8. The van der Waals surface area contributed by atoms with Crippen molar-refractivity contribution in [1.82, 2.24) is 24.9 Å². The summed E-state index contributed by atoms with van der Waals surface area (Å²) in [5.41, 5.74) is 0.934. The molecule has 0 spiro atoms. The first-order chi connectivity index (χ1) is 13.8. The van der Waals surface area contributed by atoms with Crippen molar-refractivity contribution >= 4 is 18.1 Å². The van der Waals surface area contributed by atoms with Crippen LogP contribution in [0.3, 0.4) is 0 Å². The Balaban J connectivity index is 1.58. The number of allylic oxidation sites excluding steroid dienone is 1. The maximum atomic E-state index is 12.8. The standard InChI is InChI=1S/C19H17F3N6O/c1-28(2)18-25-13-5-3-4-11(8-14(13)26-18)29-12-6-7-23-15(9-12)17-24-10-16(27-17)19(20,21)22/h3,5-10H,4H2,1-2H3,(H,24,27)(H,25,26). The summed E-state index contributed by atoms with van der Waals surface area (Å²) >= 11 is 0. The van der Waals surface area contributed by atoms with Gasteiger partial charge in [0.05, 0.1) is 17.6 Å². The smallest absolute Gasteiger partial charge is 0.432 e. The van der Waals surface area contributed by atoms with Gasteiger partial charge in [-0.3, -0.25) is 4.98 Å². The van der Waals surface area contributed by atoms with Crippen LogP contribution in [0.15, 0.2) is 36.4 Å². The normalized spacial score (nSPS) is 13.6.